The highest BCUT2D eigenvalue weighted by molar-refractivity contribution is 5.13. The van der Waals surface area contributed by atoms with Gasteiger partial charge in [-0.2, -0.15) is 5.10 Å². The van der Waals surface area contributed by atoms with Crippen molar-refractivity contribution in [1.29, 1.82) is 0 Å². The number of nitrogens with one attached hydrogen (secondary N) is 1. The van der Waals surface area contributed by atoms with E-state index >= 15 is 0 Å². The maximum absolute atomic E-state index is 12.5. The molecule has 0 aliphatic heterocycles. The van der Waals surface area contributed by atoms with Crippen molar-refractivity contribution in [3.05, 3.63) is 17.7 Å². The number of aromatic nitrogens is 2. The summed E-state index contributed by atoms with van der Waals surface area (Å²) in [5.41, 5.74) is 0.690. The summed E-state index contributed by atoms with van der Waals surface area (Å²) >= 11 is 0. The summed E-state index contributed by atoms with van der Waals surface area (Å²) < 4.78 is 12.5. The van der Waals surface area contributed by atoms with Crippen LogP contribution in [0.2, 0.25) is 0 Å². The van der Waals surface area contributed by atoms with Crippen molar-refractivity contribution in [3.8, 4) is 0 Å². The fourth-order valence-electron chi connectivity index (χ4n) is 0.940. The molecule has 1 N–H and O–H groups in total. The van der Waals surface area contributed by atoms with Crippen molar-refractivity contribution in [2.24, 2.45) is 0 Å². The van der Waals surface area contributed by atoms with E-state index in [9.17, 15) is 4.39 Å². The van der Waals surface area contributed by atoms with Gasteiger partial charge in [0.2, 0.25) is 0 Å². The van der Waals surface area contributed by atoms with E-state index in [1.807, 2.05) is 0 Å². The first-order valence-corrected chi connectivity index (χ1v) is 3.06. The fourth-order valence-corrected chi connectivity index (χ4v) is 0.940. The largest absolute Gasteiger partial charge is 0.279 e. The Morgan fingerprint density at radius 3 is 2.89 bits per heavy atom. The van der Waals surface area contributed by atoms with Crippen molar-refractivity contribution in [2.45, 2.75) is 18.8 Å². The van der Waals surface area contributed by atoms with Crippen molar-refractivity contribution in [3.63, 3.8) is 0 Å². The molecular weight excluding hydrogens is 119 g/mol. The van der Waals surface area contributed by atoms with E-state index in [0.29, 0.717) is 11.6 Å². The molecule has 9 heavy (non-hydrogen) atoms. The number of hydrogen-bond acceptors (Lipinski definition) is 1. The van der Waals surface area contributed by atoms with Gasteiger partial charge in [-0.25, -0.2) is 4.39 Å². The minimum absolute atomic E-state index is 0.183. The van der Waals surface area contributed by atoms with Crippen LogP contribution < -0.4 is 0 Å². The summed E-state index contributed by atoms with van der Waals surface area (Å²) in [5, 5.41) is 6.23. The van der Waals surface area contributed by atoms with Gasteiger partial charge in [-0.1, -0.05) is 0 Å². The third-order valence-electron chi connectivity index (χ3n) is 1.61. The topological polar surface area (TPSA) is 28.7 Å². The number of nitrogens with zero attached hydrogens (tertiary/aromatic N) is 1. The van der Waals surface area contributed by atoms with E-state index < -0.39 is 0 Å². The molecule has 1 fully saturated rings. The Morgan fingerprint density at radius 1 is 1.67 bits per heavy atom. The quantitative estimate of drug-likeness (QED) is 0.605. The zero-order valence-electron chi connectivity index (χ0n) is 4.89. The first-order chi connectivity index (χ1) is 4.38. The van der Waals surface area contributed by atoms with E-state index in [2.05, 4.69) is 10.2 Å². The van der Waals surface area contributed by atoms with Crippen LogP contribution in [0.5, 0.6) is 0 Å². The van der Waals surface area contributed by atoms with Crippen LogP contribution in [-0.2, 0) is 0 Å². The Kier molecular flexibility index (Phi) is 0.860. The lowest BCUT2D eigenvalue weighted by molar-refractivity contribution is 0.611. The first kappa shape index (κ1) is 4.97. The van der Waals surface area contributed by atoms with Crippen LogP contribution in [0.4, 0.5) is 4.39 Å². The van der Waals surface area contributed by atoms with E-state index in [1.165, 1.54) is 6.20 Å². The van der Waals surface area contributed by atoms with Gasteiger partial charge >= 0.3 is 0 Å². The number of hydrogen-bond donors (Lipinski definition) is 1. The van der Waals surface area contributed by atoms with Gasteiger partial charge in [-0.05, 0) is 12.8 Å². The third-order valence-corrected chi connectivity index (χ3v) is 1.61. The van der Waals surface area contributed by atoms with Crippen LogP contribution in [0.1, 0.15) is 24.5 Å². The molecule has 1 aliphatic carbocycles. The van der Waals surface area contributed by atoms with Crippen LogP contribution >= 0.6 is 0 Å². The molecule has 1 heterocycles. The highest BCUT2D eigenvalue weighted by Gasteiger charge is 2.27. The zero-order chi connectivity index (χ0) is 6.27. The zero-order valence-corrected chi connectivity index (χ0v) is 4.89. The van der Waals surface area contributed by atoms with Crippen molar-refractivity contribution in [2.75, 3.05) is 0 Å². The van der Waals surface area contributed by atoms with Gasteiger partial charge < -0.3 is 0 Å². The van der Waals surface area contributed by atoms with Gasteiger partial charge in [0.05, 0.1) is 11.9 Å². The second-order valence-electron chi connectivity index (χ2n) is 2.41. The van der Waals surface area contributed by atoms with Gasteiger partial charge in [0.25, 0.3) is 0 Å². The van der Waals surface area contributed by atoms with Gasteiger partial charge in [-0.3, -0.25) is 5.10 Å². The van der Waals surface area contributed by atoms with Crippen molar-refractivity contribution >= 4 is 0 Å². The van der Waals surface area contributed by atoms with Crippen molar-refractivity contribution < 1.29 is 4.39 Å². The van der Waals surface area contributed by atoms with Crippen molar-refractivity contribution in [1.82, 2.24) is 10.2 Å². The van der Waals surface area contributed by atoms with Crippen LogP contribution in [0.3, 0.4) is 0 Å². The second-order valence-corrected chi connectivity index (χ2v) is 2.41. The smallest absolute Gasteiger partial charge is 0.164 e. The van der Waals surface area contributed by atoms with Crippen LogP contribution in [0, 0.1) is 5.82 Å². The number of aromatic amines is 1. The molecule has 0 unspecified atom stereocenters. The number of rotatable bonds is 1. The average molecular weight is 126 g/mol. The molecule has 1 aliphatic rings. The van der Waals surface area contributed by atoms with Crippen LogP contribution in [0.25, 0.3) is 0 Å². The second kappa shape index (κ2) is 1.56. The molecule has 3 heteroatoms. The Bertz CT molecular complexity index is 215. The normalized spacial score (nSPS) is 18.3. The highest BCUT2D eigenvalue weighted by atomic mass is 19.1. The van der Waals surface area contributed by atoms with E-state index in [4.69, 9.17) is 0 Å². The van der Waals surface area contributed by atoms with Gasteiger partial charge in [0, 0.05) is 5.92 Å². The predicted octanol–water partition coefficient (Wildman–Crippen LogP) is 1.43. The maximum Gasteiger partial charge on any atom is 0.164 e. The standard InChI is InChI=1S/C6H7FN2/c7-5-3-8-9-6(5)4-1-2-4/h3-4H,1-2H2,(H,8,9). The van der Waals surface area contributed by atoms with Crippen LogP contribution in [0.15, 0.2) is 6.20 Å². The molecular formula is C6H7FN2. The Labute approximate surface area is 52.1 Å². The predicted molar refractivity (Wildman–Crippen MR) is 30.5 cm³/mol. The van der Waals surface area contributed by atoms with E-state index in [1.54, 1.807) is 0 Å². The minimum Gasteiger partial charge on any atom is -0.279 e. The van der Waals surface area contributed by atoms with Crippen LogP contribution in [-0.4, -0.2) is 10.2 Å². The monoisotopic (exact) mass is 126 g/mol. The minimum atomic E-state index is -0.183. The van der Waals surface area contributed by atoms with Gasteiger partial charge in [0.1, 0.15) is 0 Å². The third kappa shape index (κ3) is 0.724. The lowest BCUT2D eigenvalue weighted by atomic mass is 10.3. The molecule has 0 saturated heterocycles. The summed E-state index contributed by atoms with van der Waals surface area (Å²) in [6.45, 7) is 0. The maximum atomic E-state index is 12.5. The Hall–Kier alpha value is -0.860. The average Bonchev–Trinajstić information content (AvgIpc) is 2.58. The summed E-state index contributed by atoms with van der Waals surface area (Å²) in [7, 11) is 0. The molecule has 1 saturated carbocycles. The Balaban J connectivity index is 2.35. The van der Waals surface area contributed by atoms with E-state index in [0.717, 1.165) is 12.8 Å². The fraction of sp³-hybridized carbons (Fsp3) is 0.500. The number of halogens is 1. The summed E-state index contributed by atoms with van der Waals surface area (Å²) in [5.74, 6) is 0.255. The molecule has 1 aromatic rings. The SMILES string of the molecule is Fc1cn[nH]c1C1CC1. The molecule has 1 aromatic heterocycles. The van der Waals surface area contributed by atoms with Gasteiger partial charge in [-0.15, -0.1) is 0 Å². The summed E-state index contributed by atoms with van der Waals surface area (Å²) in [6, 6.07) is 0. The molecule has 0 aromatic carbocycles. The molecule has 0 spiro atoms. The lowest BCUT2D eigenvalue weighted by Crippen LogP contribution is -1.81. The summed E-state index contributed by atoms with van der Waals surface area (Å²) in [6.07, 6.45) is 3.45. The number of H-pyrrole nitrogens is 1. The molecule has 0 radical (unpaired) electrons. The van der Waals surface area contributed by atoms with Gasteiger partial charge in [0.15, 0.2) is 5.82 Å². The molecule has 0 atom stereocenters. The molecule has 0 amide bonds. The van der Waals surface area contributed by atoms with E-state index in [-0.39, 0.29) is 5.82 Å². The highest BCUT2D eigenvalue weighted by Crippen LogP contribution is 2.39. The molecule has 0 bridgehead atoms. The summed E-state index contributed by atoms with van der Waals surface area (Å²) in [4.78, 5) is 0. The lowest BCUT2D eigenvalue weighted by Gasteiger charge is -1.86. The molecule has 2 rings (SSSR count). The first-order valence-electron chi connectivity index (χ1n) is 3.06. The molecule has 2 nitrogen and oxygen atoms in total. The molecule has 48 valence electrons. The Morgan fingerprint density at radius 2 is 2.44 bits per heavy atom.